The summed E-state index contributed by atoms with van der Waals surface area (Å²) in [6.07, 6.45) is 3.47. The van der Waals surface area contributed by atoms with Crippen LogP contribution in [0.5, 0.6) is 17.2 Å². The number of nitrogen functional groups attached to an aromatic ring is 1. The van der Waals surface area contributed by atoms with Gasteiger partial charge in [0.15, 0.2) is 17.4 Å². The Morgan fingerprint density at radius 2 is 1.84 bits per heavy atom. The van der Waals surface area contributed by atoms with E-state index in [0.717, 1.165) is 5.56 Å². The van der Waals surface area contributed by atoms with E-state index in [2.05, 4.69) is 4.98 Å². The molecule has 0 saturated carbocycles. The monoisotopic (exact) mass is 263 g/mol. The van der Waals surface area contributed by atoms with E-state index in [-0.39, 0.29) is 0 Å². The minimum Gasteiger partial charge on any atom is -0.493 e. The summed E-state index contributed by atoms with van der Waals surface area (Å²) in [7, 11) is 4.76. The second-order valence-corrected chi connectivity index (χ2v) is 3.91. The number of nitrogens with two attached hydrogens (primary N) is 1. The van der Waals surface area contributed by atoms with Crippen LogP contribution >= 0.6 is 0 Å². The Morgan fingerprint density at radius 1 is 1.11 bits per heavy atom. The Labute approximate surface area is 111 Å². The molecule has 0 aliphatic rings. The molecule has 0 atom stereocenters. The molecule has 6 nitrogen and oxygen atoms in total. The number of benzene rings is 1. The molecule has 2 rings (SSSR count). The third-order valence-corrected chi connectivity index (χ3v) is 2.87. The molecule has 6 heteroatoms. The van der Waals surface area contributed by atoms with Crippen molar-refractivity contribution in [3.63, 3.8) is 0 Å². The summed E-state index contributed by atoms with van der Waals surface area (Å²) in [5.74, 6) is 2.29. The van der Waals surface area contributed by atoms with Crippen LogP contribution < -0.4 is 19.9 Å². The smallest absolute Gasteiger partial charge is 0.203 e. The highest BCUT2D eigenvalue weighted by Gasteiger charge is 2.16. The lowest BCUT2D eigenvalue weighted by Gasteiger charge is -2.16. The second kappa shape index (κ2) is 5.51. The first-order valence-corrected chi connectivity index (χ1v) is 5.75. The lowest BCUT2D eigenvalue weighted by molar-refractivity contribution is 0.322. The van der Waals surface area contributed by atoms with Crippen LogP contribution in [-0.4, -0.2) is 30.9 Å². The summed E-state index contributed by atoms with van der Waals surface area (Å²) in [6.45, 7) is 0.551. The topological polar surface area (TPSA) is 71.5 Å². The molecule has 2 aromatic rings. The Balaban J connectivity index is 2.43. The average Bonchev–Trinajstić information content (AvgIpc) is 2.83. The van der Waals surface area contributed by atoms with E-state index >= 15 is 0 Å². The van der Waals surface area contributed by atoms with Gasteiger partial charge in [-0.15, -0.1) is 0 Å². The van der Waals surface area contributed by atoms with Crippen molar-refractivity contribution < 1.29 is 14.2 Å². The normalized spacial score (nSPS) is 10.3. The first-order valence-electron chi connectivity index (χ1n) is 5.75. The number of aromatic nitrogens is 2. The molecule has 0 fully saturated rings. The number of nitrogens with zero attached hydrogens (tertiary/aromatic N) is 2. The van der Waals surface area contributed by atoms with Crippen molar-refractivity contribution in [3.8, 4) is 17.2 Å². The first-order chi connectivity index (χ1) is 9.21. The highest BCUT2D eigenvalue weighted by molar-refractivity contribution is 5.56. The Kier molecular flexibility index (Phi) is 3.79. The van der Waals surface area contributed by atoms with Gasteiger partial charge in [-0.3, -0.25) is 0 Å². The molecule has 19 heavy (non-hydrogen) atoms. The quantitative estimate of drug-likeness (QED) is 0.886. The summed E-state index contributed by atoms with van der Waals surface area (Å²) in [4.78, 5) is 3.99. The van der Waals surface area contributed by atoms with E-state index in [1.165, 1.54) is 0 Å². The molecular weight excluding hydrogens is 246 g/mol. The minimum absolute atomic E-state index is 0.455. The Bertz CT molecular complexity index is 566. The fourth-order valence-electron chi connectivity index (χ4n) is 1.95. The van der Waals surface area contributed by atoms with E-state index in [1.54, 1.807) is 27.5 Å². The molecule has 1 aromatic carbocycles. The Hall–Kier alpha value is -2.37. The van der Waals surface area contributed by atoms with Crippen molar-refractivity contribution in [2.45, 2.75) is 6.54 Å². The van der Waals surface area contributed by atoms with Gasteiger partial charge in [0.1, 0.15) is 0 Å². The number of rotatable bonds is 5. The third kappa shape index (κ3) is 2.42. The van der Waals surface area contributed by atoms with Gasteiger partial charge in [0.25, 0.3) is 0 Å². The van der Waals surface area contributed by atoms with E-state index < -0.39 is 0 Å². The highest BCUT2D eigenvalue weighted by Crippen LogP contribution is 2.40. The van der Waals surface area contributed by atoms with Gasteiger partial charge in [-0.25, -0.2) is 4.98 Å². The summed E-state index contributed by atoms with van der Waals surface area (Å²) in [5.41, 5.74) is 6.70. The van der Waals surface area contributed by atoms with E-state index in [4.69, 9.17) is 19.9 Å². The molecule has 0 unspecified atom stereocenters. The van der Waals surface area contributed by atoms with Crippen molar-refractivity contribution in [2.75, 3.05) is 27.1 Å². The standard InChI is InChI=1S/C13H17N3O3/c1-17-10-5-4-9(11(18-2)12(10)19-3)8-16-7-6-15-13(16)14/h4-7H,8H2,1-3H3,(H2,14,15). The van der Waals surface area contributed by atoms with Crippen LogP contribution in [0, 0.1) is 0 Å². The van der Waals surface area contributed by atoms with Crippen LogP contribution in [-0.2, 0) is 6.54 Å². The molecule has 0 spiro atoms. The van der Waals surface area contributed by atoms with Crippen molar-refractivity contribution in [3.05, 3.63) is 30.1 Å². The summed E-state index contributed by atoms with van der Waals surface area (Å²) < 4.78 is 17.8. The van der Waals surface area contributed by atoms with Crippen LogP contribution in [0.25, 0.3) is 0 Å². The maximum absolute atomic E-state index is 5.76. The van der Waals surface area contributed by atoms with Crippen LogP contribution in [0.2, 0.25) is 0 Å². The predicted octanol–water partition coefficient (Wildman–Crippen LogP) is 1.54. The molecule has 0 aliphatic carbocycles. The molecule has 0 saturated heterocycles. The molecule has 0 bridgehead atoms. The van der Waals surface area contributed by atoms with Gasteiger partial charge < -0.3 is 24.5 Å². The summed E-state index contributed by atoms with van der Waals surface area (Å²) >= 11 is 0. The number of anilines is 1. The number of ether oxygens (including phenoxy) is 3. The van der Waals surface area contributed by atoms with Crippen molar-refractivity contribution in [2.24, 2.45) is 0 Å². The number of imidazole rings is 1. The van der Waals surface area contributed by atoms with Crippen molar-refractivity contribution in [1.29, 1.82) is 0 Å². The third-order valence-electron chi connectivity index (χ3n) is 2.87. The van der Waals surface area contributed by atoms with Gasteiger partial charge in [-0.2, -0.15) is 0 Å². The van der Waals surface area contributed by atoms with Gasteiger partial charge in [-0.1, -0.05) is 0 Å². The maximum atomic E-state index is 5.76. The first kappa shape index (κ1) is 13.1. The van der Waals surface area contributed by atoms with Gasteiger partial charge in [0, 0.05) is 18.0 Å². The van der Waals surface area contributed by atoms with Crippen molar-refractivity contribution in [1.82, 2.24) is 9.55 Å². The second-order valence-electron chi connectivity index (χ2n) is 3.91. The predicted molar refractivity (Wildman–Crippen MR) is 71.8 cm³/mol. The number of hydrogen-bond acceptors (Lipinski definition) is 5. The van der Waals surface area contributed by atoms with Gasteiger partial charge in [-0.05, 0) is 12.1 Å². The van der Waals surface area contributed by atoms with E-state index in [9.17, 15) is 0 Å². The van der Waals surface area contributed by atoms with Crippen LogP contribution in [0.3, 0.4) is 0 Å². The average molecular weight is 263 g/mol. The maximum Gasteiger partial charge on any atom is 0.203 e. The van der Waals surface area contributed by atoms with Crippen LogP contribution in [0.4, 0.5) is 5.95 Å². The minimum atomic E-state index is 0.455. The zero-order valence-electron chi connectivity index (χ0n) is 11.2. The van der Waals surface area contributed by atoms with Gasteiger partial charge in [0.05, 0.1) is 27.9 Å². The van der Waals surface area contributed by atoms with Crippen molar-refractivity contribution >= 4 is 5.95 Å². The SMILES string of the molecule is COc1ccc(Cn2ccnc2N)c(OC)c1OC. The lowest BCUT2D eigenvalue weighted by Crippen LogP contribution is -2.06. The zero-order chi connectivity index (χ0) is 13.8. The molecule has 1 heterocycles. The molecule has 2 N–H and O–H groups in total. The zero-order valence-corrected chi connectivity index (χ0v) is 11.2. The van der Waals surface area contributed by atoms with E-state index in [1.807, 2.05) is 22.9 Å². The molecule has 0 amide bonds. The molecule has 0 aliphatic heterocycles. The van der Waals surface area contributed by atoms with Crippen LogP contribution in [0.1, 0.15) is 5.56 Å². The Morgan fingerprint density at radius 3 is 2.37 bits per heavy atom. The number of hydrogen-bond donors (Lipinski definition) is 1. The molecule has 102 valence electrons. The lowest BCUT2D eigenvalue weighted by atomic mass is 10.1. The molecular formula is C13H17N3O3. The summed E-state index contributed by atoms with van der Waals surface area (Å²) in [5, 5.41) is 0. The molecule has 1 aromatic heterocycles. The van der Waals surface area contributed by atoms with Crippen LogP contribution in [0.15, 0.2) is 24.5 Å². The fraction of sp³-hybridized carbons (Fsp3) is 0.308. The van der Waals surface area contributed by atoms with Gasteiger partial charge >= 0.3 is 0 Å². The number of methoxy groups -OCH3 is 3. The largest absolute Gasteiger partial charge is 0.493 e. The molecule has 0 radical (unpaired) electrons. The highest BCUT2D eigenvalue weighted by atomic mass is 16.5. The summed E-state index contributed by atoms with van der Waals surface area (Å²) in [6, 6.07) is 3.75. The fourth-order valence-corrected chi connectivity index (χ4v) is 1.95. The van der Waals surface area contributed by atoms with Gasteiger partial charge in [0.2, 0.25) is 5.75 Å². The van der Waals surface area contributed by atoms with E-state index in [0.29, 0.717) is 29.7 Å².